The van der Waals surface area contributed by atoms with Gasteiger partial charge in [-0.2, -0.15) is 13.2 Å². The molecule has 1 heterocycles. The van der Waals surface area contributed by atoms with Crippen molar-refractivity contribution in [3.8, 4) is 0 Å². The van der Waals surface area contributed by atoms with E-state index in [2.05, 4.69) is 0 Å². The van der Waals surface area contributed by atoms with Gasteiger partial charge in [0, 0.05) is 19.0 Å². The van der Waals surface area contributed by atoms with Crippen molar-refractivity contribution in [3.05, 3.63) is 0 Å². The van der Waals surface area contributed by atoms with E-state index in [0.717, 1.165) is 0 Å². The molecule has 0 saturated carbocycles. The molecule has 1 fully saturated rings. The van der Waals surface area contributed by atoms with Crippen molar-refractivity contribution in [1.82, 2.24) is 5.01 Å². The summed E-state index contributed by atoms with van der Waals surface area (Å²) < 4.78 is 36.0. The van der Waals surface area contributed by atoms with Gasteiger partial charge in [0.15, 0.2) is 0 Å². The molecule has 2 N–H and O–H groups in total. The molecule has 1 saturated heterocycles. The number of rotatable bonds is 1. The van der Waals surface area contributed by atoms with Crippen LogP contribution in [0, 0.1) is 11.8 Å². The zero-order valence-corrected chi connectivity index (χ0v) is 8.36. The Hall–Kier alpha value is -0.330. The van der Waals surface area contributed by atoms with Crippen LogP contribution >= 0.6 is 12.4 Å². The number of Topliss-reactive ketones (excluding diaryl/α,β-unsaturated/α-hetero) is 1. The Kier molecular flexibility index (Phi) is 4.35. The van der Waals surface area contributed by atoms with E-state index in [9.17, 15) is 18.0 Å². The lowest BCUT2D eigenvalue weighted by atomic mass is 9.93. The third-order valence-corrected chi connectivity index (χ3v) is 2.26. The number of hydrazine groups is 1. The fraction of sp³-hybridized carbons (Fsp3) is 0.857. The lowest BCUT2D eigenvalue weighted by molar-refractivity contribution is -0.176. The van der Waals surface area contributed by atoms with Crippen molar-refractivity contribution in [2.45, 2.75) is 13.1 Å². The number of nitrogens with two attached hydrogens (primary N) is 1. The molecule has 0 spiro atoms. The van der Waals surface area contributed by atoms with E-state index in [1.165, 1.54) is 5.01 Å². The predicted molar refractivity (Wildman–Crippen MR) is 46.7 cm³/mol. The SMILES string of the molecule is C[C@@H]1CN(N)C[C@H]1C(=O)C(F)(F)F.Cl. The van der Waals surface area contributed by atoms with Gasteiger partial charge >= 0.3 is 6.18 Å². The van der Waals surface area contributed by atoms with Crippen LogP contribution in [0.4, 0.5) is 13.2 Å². The monoisotopic (exact) mass is 232 g/mol. The summed E-state index contributed by atoms with van der Waals surface area (Å²) in [5, 5.41) is 1.25. The summed E-state index contributed by atoms with van der Waals surface area (Å²) in [4.78, 5) is 10.8. The van der Waals surface area contributed by atoms with Gasteiger partial charge in [0.05, 0.1) is 0 Å². The van der Waals surface area contributed by atoms with Gasteiger partial charge < -0.3 is 0 Å². The van der Waals surface area contributed by atoms with Crippen molar-refractivity contribution in [1.29, 1.82) is 0 Å². The largest absolute Gasteiger partial charge is 0.450 e. The van der Waals surface area contributed by atoms with E-state index in [-0.39, 0.29) is 24.9 Å². The van der Waals surface area contributed by atoms with Crippen molar-refractivity contribution >= 4 is 18.2 Å². The van der Waals surface area contributed by atoms with Gasteiger partial charge in [-0.05, 0) is 5.92 Å². The molecular formula is C7H12ClF3N2O. The second-order valence-corrected chi connectivity index (χ2v) is 3.40. The van der Waals surface area contributed by atoms with E-state index in [0.29, 0.717) is 6.54 Å². The van der Waals surface area contributed by atoms with Crippen LogP contribution in [0.15, 0.2) is 0 Å². The number of alkyl halides is 3. The zero-order valence-electron chi connectivity index (χ0n) is 7.54. The molecule has 0 amide bonds. The summed E-state index contributed by atoms with van der Waals surface area (Å²) >= 11 is 0. The molecule has 0 aliphatic carbocycles. The van der Waals surface area contributed by atoms with Gasteiger partial charge in [-0.25, -0.2) is 5.01 Å². The van der Waals surface area contributed by atoms with Gasteiger partial charge in [0.2, 0.25) is 5.78 Å². The summed E-state index contributed by atoms with van der Waals surface area (Å²) in [6.07, 6.45) is -4.73. The van der Waals surface area contributed by atoms with Gasteiger partial charge in [-0.15, -0.1) is 12.4 Å². The molecule has 7 heteroatoms. The summed E-state index contributed by atoms with van der Waals surface area (Å²) in [5.41, 5.74) is 0. The first kappa shape index (κ1) is 13.7. The highest BCUT2D eigenvalue weighted by Gasteiger charge is 2.47. The number of hydrogen-bond donors (Lipinski definition) is 1. The molecule has 1 aliphatic rings. The maximum absolute atomic E-state index is 12.0. The van der Waals surface area contributed by atoms with Crippen LogP contribution in [-0.4, -0.2) is 30.1 Å². The Morgan fingerprint density at radius 1 is 1.43 bits per heavy atom. The van der Waals surface area contributed by atoms with Crippen LogP contribution < -0.4 is 5.84 Å². The van der Waals surface area contributed by atoms with Gasteiger partial charge in [0.1, 0.15) is 0 Å². The van der Waals surface area contributed by atoms with Crippen molar-refractivity contribution < 1.29 is 18.0 Å². The average molecular weight is 233 g/mol. The maximum Gasteiger partial charge on any atom is 0.450 e. The third kappa shape index (κ3) is 2.83. The minimum Gasteiger partial charge on any atom is -0.289 e. The highest BCUT2D eigenvalue weighted by atomic mass is 35.5. The van der Waals surface area contributed by atoms with Gasteiger partial charge in [0.25, 0.3) is 0 Å². The molecule has 0 radical (unpaired) electrons. The molecule has 1 rings (SSSR count). The second kappa shape index (κ2) is 4.46. The standard InChI is InChI=1S/C7H11F3N2O.ClH/c1-4-2-12(11)3-5(4)6(13)7(8,9)10;/h4-5H,2-3,11H2,1H3;1H/t4-,5-;/m1./s1. The molecule has 0 bridgehead atoms. The molecule has 1 aliphatic heterocycles. The highest BCUT2D eigenvalue weighted by molar-refractivity contribution is 5.87. The minimum atomic E-state index is -4.73. The Balaban J connectivity index is 0.00000169. The Labute approximate surface area is 85.8 Å². The Morgan fingerprint density at radius 3 is 2.21 bits per heavy atom. The number of carbonyl (C=O) groups is 1. The molecule has 0 unspecified atom stereocenters. The first-order valence-corrected chi connectivity index (χ1v) is 3.93. The quantitative estimate of drug-likeness (QED) is 0.686. The number of carbonyl (C=O) groups excluding carboxylic acids is 1. The van der Waals surface area contributed by atoms with Crippen molar-refractivity contribution in [3.63, 3.8) is 0 Å². The van der Waals surface area contributed by atoms with Crippen LogP contribution in [-0.2, 0) is 4.79 Å². The lowest BCUT2D eigenvalue weighted by Gasteiger charge is -2.14. The highest BCUT2D eigenvalue weighted by Crippen LogP contribution is 2.29. The first-order valence-electron chi connectivity index (χ1n) is 3.93. The lowest BCUT2D eigenvalue weighted by Crippen LogP contribution is -2.35. The first-order chi connectivity index (χ1) is 5.82. The number of ketones is 1. The average Bonchev–Trinajstić information content (AvgIpc) is 2.26. The fourth-order valence-electron chi connectivity index (χ4n) is 1.56. The summed E-state index contributed by atoms with van der Waals surface area (Å²) in [6.45, 7) is 1.94. The molecule has 0 aromatic carbocycles. The topological polar surface area (TPSA) is 46.3 Å². The predicted octanol–water partition coefficient (Wildman–Crippen LogP) is 0.981. The normalized spacial score (nSPS) is 28.6. The second-order valence-electron chi connectivity index (χ2n) is 3.40. The molecule has 3 nitrogen and oxygen atoms in total. The molecule has 84 valence electrons. The molecule has 14 heavy (non-hydrogen) atoms. The van der Waals surface area contributed by atoms with E-state index < -0.39 is 17.9 Å². The van der Waals surface area contributed by atoms with Crippen molar-refractivity contribution in [2.24, 2.45) is 17.7 Å². The van der Waals surface area contributed by atoms with Crippen molar-refractivity contribution in [2.75, 3.05) is 13.1 Å². The number of nitrogens with zero attached hydrogens (tertiary/aromatic N) is 1. The van der Waals surface area contributed by atoms with Gasteiger partial charge in [-0.1, -0.05) is 6.92 Å². The third-order valence-electron chi connectivity index (χ3n) is 2.26. The van der Waals surface area contributed by atoms with E-state index in [1.807, 2.05) is 0 Å². The molecule has 2 atom stereocenters. The summed E-state index contributed by atoms with van der Waals surface area (Å²) in [7, 11) is 0. The van der Waals surface area contributed by atoms with E-state index >= 15 is 0 Å². The zero-order chi connectivity index (χ0) is 10.2. The van der Waals surface area contributed by atoms with Crippen LogP contribution in [0.5, 0.6) is 0 Å². The fourth-order valence-corrected chi connectivity index (χ4v) is 1.56. The summed E-state index contributed by atoms with van der Waals surface area (Å²) in [5.74, 6) is 2.34. The maximum atomic E-state index is 12.0. The van der Waals surface area contributed by atoms with E-state index in [4.69, 9.17) is 5.84 Å². The molecular weight excluding hydrogens is 221 g/mol. The van der Waals surface area contributed by atoms with Crippen LogP contribution in [0.1, 0.15) is 6.92 Å². The number of hydrogen-bond acceptors (Lipinski definition) is 3. The van der Waals surface area contributed by atoms with Crippen LogP contribution in [0.3, 0.4) is 0 Å². The van der Waals surface area contributed by atoms with Crippen LogP contribution in [0.2, 0.25) is 0 Å². The van der Waals surface area contributed by atoms with E-state index in [1.54, 1.807) is 6.92 Å². The Morgan fingerprint density at radius 2 is 1.93 bits per heavy atom. The molecule has 0 aromatic heterocycles. The molecule has 0 aromatic rings. The smallest absolute Gasteiger partial charge is 0.289 e. The summed E-state index contributed by atoms with van der Waals surface area (Å²) in [6, 6.07) is 0. The minimum absolute atomic E-state index is 0. The Bertz CT molecular complexity index is 221. The van der Waals surface area contributed by atoms with Crippen LogP contribution in [0.25, 0.3) is 0 Å². The number of halogens is 4. The van der Waals surface area contributed by atoms with Gasteiger partial charge in [-0.3, -0.25) is 10.6 Å².